The molecule has 0 bridgehead atoms. The van der Waals surface area contributed by atoms with Crippen molar-refractivity contribution in [2.75, 3.05) is 5.32 Å². The summed E-state index contributed by atoms with van der Waals surface area (Å²) in [6, 6.07) is 17.3. The van der Waals surface area contributed by atoms with E-state index < -0.39 is 6.17 Å². The summed E-state index contributed by atoms with van der Waals surface area (Å²) >= 11 is 0. The molecule has 4 nitrogen and oxygen atoms in total. The van der Waals surface area contributed by atoms with E-state index in [9.17, 15) is 5.21 Å². The normalized spacial score (nSPS) is 17.9. The van der Waals surface area contributed by atoms with Crippen molar-refractivity contribution in [3.8, 4) is 0 Å². The molecule has 100 valence electrons. The van der Waals surface area contributed by atoms with E-state index >= 15 is 0 Å². The average molecular weight is 265 g/mol. The number of nitrogens with zero attached hydrogens (tertiary/aromatic N) is 1. The average Bonchev–Trinajstić information content (AvgIpc) is 2.50. The molecule has 20 heavy (non-hydrogen) atoms. The standard InChI is InChI=1S/C16H15N3O/c17-16-13-8-4-5-9-14(13)18-15(19(16)20)11-10-12-6-2-1-3-7-12/h1-11,15,17-18,20H/b11-10+,17-16?. The van der Waals surface area contributed by atoms with Crippen molar-refractivity contribution in [3.63, 3.8) is 0 Å². The van der Waals surface area contributed by atoms with Gasteiger partial charge in [-0.1, -0.05) is 48.5 Å². The van der Waals surface area contributed by atoms with E-state index in [1.807, 2.05) is 66.7 Å². The highest BCUT2D eigenvalue weighted by Gasteiger charge is 2.26. The van der Waals surface area contributed by atoms with Gasteiger partial charge in [-0.15, -0.1) is 0 Å². The van der Waals surface area contributed by atoms with Crippen LogP contribution in [0.5, 0.6) is 0 Å². The smallest absolute Gasteiger partial charge is 0.157 e. The highest BCUT2D eigenvalue weighted by Crippen LogP contribution is 2.24. The third-order valence-electron chi connectivity index (χ3n) is 3.25. The maximum Gasteiger partial charge on any atom is 0.157 e. The van der Waals surface area contributed by atoms with Crippen molar-refractivity contribution in [2.24, 2.45) is 0 Å². The second-order valence-corrected chi connectivity index (χ2v) is 4.60. The molecular formula is C16H15N3O. The molecule has 1 unspecified atom stereocenters. The number of fused-ring (bicyclic) bond motifs is 1. The minimum Gasteiger partial charge on any atom is -0.360 e. The maximum atomic E-state index is 10.1. The summed E-state index contributed by atoms with van der Waals surface area (Å²) in [5.41, 5.74) is 2.60. The summed E-state index contributed by atoms with van der Waals surface area (Å²) in [7, 11) is 0. The molecular weight excluding hydrogens is 250 g/mol. The molecule has 1 heterocycles. The molecule has 1 atom stereocenters. The Hall–Kier alpha value is -2.59. The molecule has 0 amide bonds. The molecule has 2 aromatic rings. The molecule has 0 radical (unpaired) electrons. The molecule has 0 aliphatic carbocycles. The van der Waals surface area contributed by atoms with Crippen LogP contribution in [-0.4, -0.2) is 22.3 Å². The van der Waals surface area contributed by atoms with Crippen LogP contribution in [0.1, 0.15) is 11.1 Å². The monoisotopic (exact) mass is 265 g/mol. The van der Waals surface area contributed by atoms with E-state index in [1.54, 1.807) is 0 Å². The lowest BCUT2D eigenvalue weighted by Crippen LogP contribution is -2.45. The van der Waals surface area contributed by atoms with Gasteiger partial charge < -0.3 is 5.32 Å². The van der Waals surface area contributed by atoms with Crippen LogP contribution in [0.15, 0.2) is 60.7 Å². The first-order valence-corrected chi connectivity index (χ1v) is 6.41. The van der Waals surface area contributed by atoms with Crippen molar-refractivity contribution in [3.05, 3.63) is 71.8 Å². The topological polar surface area (TPSA) is 59.4 Å². The third-order valence-corrected chi connectivity index (χ3v) is 3.25. The SMILES string of the molecule is N=C1c2ccccc2NC(/C=C/c2ccccc2)N1O. The van der Waals surface area contributed by atoms with E-state index in [0.717, 1.165) is 16.3 Å². The van der Waals surface area contributed by atoms with Crippen LogP contribution in [-0.2, 0) is 0 Å². The number of benzene rings is 2. The molecule has 3 N–H and O–H groups in total. The third kappa shape index (κ3) is 2.29. The van der Waals surface area contributed by atoms with Gasteiger partial charge in [-0.25, -0.2) is 5.06 Å². The number of hydrogen-bond acceptors (Lipinski definition) is 3. The van der Waals surface area contributed by atoms with E-state index in [1.165, 1.54) is 0 Å². The van der Waals surface area contributed by atoms with Crippen LogP contribution in [0, 0.1) is 5.41 Å². The minimum absolute atomic E-state index is 0.0991. The second-order valence-electron chi connectivity index (χ2n) is 4.60. The predicted molar refractivity (Wildman–Crippen MR) is 79.8 cm³/mol. The Bertz CT molecular complexity index is 652. The Morgan fingerprint density at radius 1 is 1.05 bits per heavy atom. The maximum absolute atomic E-state index is 10.1. The van der Waals surface area contributed by atoms with Gasteiger partial charge in [0.1, 0.15) is 6.17 Å². The largest absolute Gasteiger partial charge is 0.360 e. The van der Waals surface area contributed by atoms with Gasteiger partial charge in [0.2, 0.25) is 0 Å². The van der Waals surface area contributed by atoms with Gasteiger partial charge in [0.15, 0.2) is 5.84 Å². The zero-order valence-electron chi connectivity index (χ0n) is 10.8. The number of amidine groups is 1. The molecule has 1 aliphatic heterocycles. The summed E-state index contributed by atoms with van der Waals surface area (Å²) in [6.45, 7) is 0. The van der Waals surface area contributed by atoms with Gasteiger partial charge >= 0.3 is 0 Å². The van der Waals surface area contributed by atoms with Crippen LogP contribution < -0.4 is 5.32 Å². The summed E-state index contributed by atoms with van der Waals surface area (Å²) in [4.78, 5) is 0. The molecule has 0 spiro atoms. The minimum atomic E-state index is -0.447. The van der Waals surface area contributed by atoms with Gasteiger partial charge in [-0.3, -0.25) is 10.6 Å². The lowest BCUT2D eigenvalue weighted by molar-refractivity contribution is -0.0322. The highest BCUT2D eigenvalue weighted by molar-refractivity contribution is 6.02. The van der Waals surface area contributed by atoms with Gasteiger partial charge in [-0.2, -0.15) is 0 Å². The van der Waals surface area contributed by atoms with E-state index in [0.29, 0.717) is 5.56 Å². The predicted octanol–water partition coefficient (Wildman–Crippen LogP) is 3.17. The number of hydrogen-bond donors (Lipinski definition) is 3. The number of anilines is 1. The fourth-order valence-electron chi connectivity index (χ4n) is 2.19. The van der Waals surface area contributed by atoms with E-state index in [2.05, 4.69) is 5.32 Å². The van der Waals surface area contributed by atoms with Gasteiger partial charge in [0.05, 0.1) is 0 Å². The van der Waals surface area contributed by atoms with Crippen LogP contribution in [0.25, 0.3) is 6.08 Å². The molecule has 0 saturated carbocycles. The number of hydroxylamine groups is 2. The zero-order chi connectivity index (χ0) is 13.9. The summed E-state index contributed by atoms with van der Waals surface area (Å²) in [5, 5.41) is 22.2. The van der Waals surface area contributed by atoms with Gasteiger partial charge in [0, 0.05) is 11.3 Å². The zero-order valence-corrected chi connectivity index (χ0v) is 10.8. The highest BCUT2D eigenvalue weighted by atomic mass is 16.5. The van der Waals surface area contributed by atoms with Crippen molar-refractivity contribution in [1.82, 2.24) is 5.06 Å². The number of rotatable bonds is 2. The first kappa shape index (κ1) is 12.4. The number of para-hydroxylation sites is 1. The molecule has 0 saturated heterocycles. The molecule has 4 heteroatoms. The van der Waals surface area contributed by atoms with Crippen molar-refractivity contribution < 1.29 is 5.21 Å². The van der Waals surface area contributed by atoms with Crippen molar-refractivity contribution in [1.29, 1.82) is 5.41 Å². The molecule has 3 rings (SSSR count). The van der Waals surface area contributed by atoms with Crippen LogP contribution in [0.3, 0.4) is 0 Å². The first-order valence-electron chi connectivity index (χ1n) is 6.41. The Kier molecular flexibility index (Phi) is 3.23. The fourth-order valence-corrected chi connectivity index (χ4v) is 2.19. The summed E-state index contributed by atoms with van der Waals surface area (Å²) < 4.78 is 0. The lowest BCUT2D eigenvalue weighted by atomic mass is 10.1. The second kappa shape index (κ2) is 5.19. The van der Waals surface area contributed by atoms with Gasteiger partial charge in [-0.05, 0) is 23.8 Å². The van der Waals surface area contributed by atoms with E-state index in [4.69, 9.17) is 5.41 Å². The van der Waals surface area contributed by atoms with Crippen molar-refractivity contribution >= 4 is 17.6 Å². The quantitative estimate of drug-likeness (QED) is 0.781. The van der Waals surface area contributed by atoms with Gasteiger partial charge in [0.25, 0.3) is 0 Å². The Labute approximate surface area is 117 Å². The fraction of sp³-hybridized carbons (Fsp3) is 0.0625. The lowest BCUT2D eigenvalue weighted by Gasteiger charge is -2.33. The summed E-state index contributed by atoms with van der Waals surface area (Å²) in [6.07, 6.45) is 3.31. The molecule has 0 aromatic heterocycles. The Morgan fingerprint density at radius 3 is 2.55 bits per heavy atom. The molecule has 0 fully saturated rings. The van der Waals surface area contributed by atoms with Crippen LogP contribution in [0.2, 0.25) is 0 Å². The van der Waals surface area contributed by atoms with Crippen LogP contribution in [0.4, 0.5) is 5.69 Å². The Balaban J connectivity index is 1.86. The van der Waals surface area contributed by atoms with Crippen LogP contribution >= 0.6 is 0 Å². The molecule has 1 aliphatic rings. The summed E-state index contributed by atoms with van der Waals surface area (Å²) in [5.74, 6) is 0.0991. The van der Waals surface area contributed by atoms with E-state index in [-0.39, 0.29) is 5.84 Å². The first-order chi connectivity index (χ1) is 9.75. The molecule has 2 aromatic carbocycles. The number of nitrogens with one attached hydrogen (secondary N) is 2. The van der Waals surface area contributed by atoms with Crippen molar-refractivity contribution in [2.45, 2.75) is 6.17 Å². The Morgan fingerprint density at radius 2 is 1.75 bits per heavy atom.